The van der Waals surface area contributed by atoms with E-state index in [4.69, 9.17) is 9.57 Å². The van der Waals surface area contributed by atoms with Crippen molar-refractivity contribution in [2.45, 2.75) is 25.9 Å². The molecule has 6 heteroatoms. The van der Waals surface area contributed by atoms with Crippen molar-refractivity contribution in [2.24, 2.45) is 5.16 Å². The molecule has 1 aromatic rings. The number of oxime groups is 1. The number of ether oxygens (including phenoxy) is 2. The molecular weight excluding hydrogens is 260 g/mol. The molecule has 1 aliphatic rings. The first-order valence-electron chi connectivity index (χ1n) is 6.12. The van der Waals surface area contributed by atoms with Crippen molar-refractivity contribution < 1.29 is 19.1 Å². The molecular formula is C14H16N2O4. The first-order valence-corrected chi connectivity index (χ1v) is 6.12. The van der Waals surface area contributed by atoms with E-state index in [-0.39, 0.29) is 5.60 Å². The Morgan fingerprint density at radius 3 is 3.10 bits per heavy atom. The van der Waals surface area contributed by atoms with Gasteiger partial charge < -0.3 is 14.3 Å². The van der Waals surface area contributed by atoms with E-state index in [0.29, 0.717) is 12.2 Å². The summed E-state index contributed by atoms with van der Waals surface area (Å²) in [5, 5.41) is 4.04. The number of rotatable bonds is 3. The molecule has 0 spiro atoms. The zero-order valence-corrected chi connectivity index (χ0v) is 11.6. The van der Waals surface area contributed by atoms with Crippen molar-refractivity contribution >= 4 is 11.7 Å². The Balaban J connectivity index is 2.18. The Hall–Kier alpha value is -2.37. The number of hydrogen-bond donors (Lipinski definition) is 0. The van der Waals surface area contributed by atoms with Crippen LogP contribution in [0.1, 0.15) is 25.8 Å². The van der Waals surface area contributed by atoms with Crippen LogP contribution in [0.5, 0.6) is 5.75 Å². The van der Waals surface area contributed by atoms with E-state index in [2.05, 4.69) is 14.9 Å². The van der Waals surface area contributed by atoms with Gasteiger partial charge in [-0.3, -0.25) is 4.98 Å². The summed E-state index contributed by atoms with van der Waals surface area (Å²) in [5.74, 6) is 0.171. The molecule has 0 radical (unpaired) electrons. The molecule has 0 atom stereocenters. The predicted octanol–water partition coefficient (Wildman–Crippen LogP) is 2.05. The molecule has 0 aromatic carbocycles. The van der Waals surface area contributed by atoms with E-state index >= 15 is 0 Å². The smallest absolute Gasteiger partial charge is 0.333 e. The highest BCUT2D eigenvalue weighted by molar-refractivity contribution is 6.03. The molecule has 6 nitrogen and oxygen atoms in total. The molecule has 2 heterocycles. The van der Waals surface area contributed by atoms with E-state index in [1.54, 1.807) is 12.4 Å². The number of pyridine rings is 1. The minimum Gasteiger partial charge on any atom is -0.485 e. The number of carbonyl (C=O) groups excluding carboxylic acids is 1. The average Bonchev–Trinajstić information content (AvgIpc) is 2.41. The topological polar surface area (TPSA) is 70.0 Å². The lowest BCUT2D eigenvalue weighted by Gasteiger charge is -2.32. The lowest BCUT2D eigenvalue weighted by molar-refractivity contribution is -0.135. The first-order chi connectivity index (χ1) is 9.52. The van der Waals surface area contributed by atoms with Gasteiger partial charge in [-0.1, -0.05) is 5.16 Å². The fourth-order valence-corrected chi connectivity index (χ4v) is 1.86. The molecule has 0 amide bonds. The lowest BCUT2D eigenvalue weighted by atomic mass is 9.93. The highest BCUT2D eigenvalue weighted by atomic mass is 16.6. The number of methoxy groups -OCH3 is 1. The van der Waals surface area contributed by atoms with Gasteiger partial charge >= 0.3 is 5.97 Å². The summed E-state index contributed by atoms with van der Waals surface area (Å²) in [7, 11) is 1.29. The average molecular weight is 276 g/mol. The highest BCUT2D eigenvalue weighted by Crippen LogP contribution is 2.32. The molecule has 2 rings (SSSR count). The first kappa shape index (κ1) is 14.0. The van der Waals surface area contributed by atoms with Crippen molar-refractivity contribution in [3.05, 3.63) is 36.4 Å². The van der Waals surface area contributed by atoms with E-state index in [0.717, 1.165) is 17.4 Å². The van der Waals surface area contributed by atoms with Gasteiger partial charge in [-0.05, 0) is 19.9 Å². The molecule has 106 valence electrons. The van der Waals surface area contributed by atoms with Crippen LogP contribution in [0.15, 0.2) is 36.0 Å². The van der Waals surface area contributed by atoms with Crippen LogP contribution in [0.2, 0.25) is 0 Å². The quantitative estimate of drug-likeness (QED) is 0.366. The number of fused-ring (bicyclic) bond motifs is 1. The second-order valence-electron chi connectivity index (χ2n) is 4.88. The van der Waals surface area contributed by atoms with Gasteiger partial charge in [-0.2, -0.15) is 0 Å². The Bertz CT molecular complexity index is 564. The molecule has 0 N–H and O–H groups in total. The van der Waals surface area contributed by atoms with Crippen LogP contribution < -0.4 is 4.74 Å². The van der Waals surface area contributed by atoms with Crippen LogP contribution in [0, 0.1) is 0 Å². The minimum absolute atomic E-state index is 0.385. The molecule has 1 aromatic heterocycles. The molecule has 20 heavy (non-hydrogen) atoms. The van der Waals surface area contributed by atoms with Crippen LogP contribution in [0.25, 0.3) is 0 Å². The van der Waals surface area contributed by atoms with Crippen LogP contribution in [-0.2, 0) is 14.4 Å². The van der Waals surface area contributed by atoms with Crippen LogP contribution in [0.3, 0.4) is 0 Å². The number of hydrogen-bond acceptors (Lipinski definition) is 6. The number of aromatic nitrogens is 1. The van der Waals surface area contributed by atoms with E-state index in [1.165, 1.54) is 13.4 Å². The Labute approximate surface area is 117 Å². The fourth-order valence-electron chi connectivity index (χ4n) is 1.86. The summed E-state index contributed by atoms with van der Waals surface area (Å²) in [6, 6.07) is 1.82. The summed E-state index contributed by atoms with van der Waals surface area (Å²) < 4.78 is 10.3. The second kappa shape index (κ2) is 5.73. The normalized spacial score (nSPS) is 18.4. The maximum atomic E-state index is 10.9. The highest BCUT2D eigenvalue weighted by Gasteiger charge is 2.31. The van der Waals surface area contributed by atoms with E-state index < -0.39 is 5.97 Å². The number of nitrogens with zero attached hydrogens (tertiary/aromatic N) is 2. The molecule has 0 saturated heterocycles. The van der Waals surface area contributed by atoms with Crippen molar-refractivity contribution in [1.82, 2.24) is 4.98 Å². The zero-order chi connectivity index (χ0) is 14.6. The number of esters is 1. The van der Waals surface area contributed by atoms with E-state index in [1.807, 2.05) is 19.9 Å². The zero-order valence-electron chi connectivity index (χ0n) is 11.6. The Kier molecular flexibility index (Phi) is 4.02. The third kappa shape index (κ3) is 3.34. The second-order valence-corrected chi connectivity index (χ2v) is 4.88. The SMILES string of the molecule is COC(=O)/C=C/O/N=C1\CC(C)(C)Oc2cnccc21. The van der Waals surface area contributed by atoms with Gasteiger partial charge in [0, 0.05) is 18.2 Å². The van der Waals surface area contributed by atoms with Crippen LogP contribution in [-0.4, -0.2) is 29.4 Å². The van der Waals surface area contributed by atoms with Gasteiger partial charge in [0.25, 0.3) is 0 Å². The standard InChI is InChI=1S/C14H16N2O4/c1-14(2)8-11(16-19-7-5-13(17)18-3)10-4-6-15-9-12(10)20-14/h4-7,9H,8H2,1-3H3/b7-5+,16-11+. The summed E-state index contributed by atoms with van der Waals surface area (Å²) >= 11 is 0. The van der Waals surface area contributed by atoms with Gasteiger partial charge in [0.2, 0.25) is 0 Å². The molecule has 0 aliphatic carbocycles. The summed E-state index contributed by atoms with van der Waals surface area (Å²) in [4.78, 5) is 20.0. The van der Waals surface area contributed by atoms with Crippen molar-refractivity contribution in [3.63, 3.8) is 0 Å². The van der Waals surface area contributed by atoms with Gasteiger partial charge in [0.05, 0.1) is 25.1 Å². The third-order valence-electron chi connectivity index (χ3n) is 2.70. The Morgan fingerprint density at radius 1 is 1.55 bits per heavy atom. The minimum atomic E-state index is -0.498. The number of carbonyl (C=O) groups is 1. The molecule has 0 bridgehead atoms. The molecule has 1 aliphatic heterocycles. The fraction of sp³-hybridized carbons (Fsp3) is 0.357. The van der Waals surface area contributed by atoms with Gasteiger partial charge in [0.1, 0.15) is 17.6 Å². The van der Waals surface area contributed by atoms with Gasteiger partial charge in [-0.15, -0.1) is 0 Å². The van der Waals surface area contributed by atoms with Crippen LogP contribution >= 0.6 is 0 Å². The van der Waals surface area contributed by atoms with Crippen molar-refractivity contribution in [1.29, 1.82) is 0 Å². The lowest BCUT2D eigenvalue weighted by Crippen LogP contribution is -2.36. The maximum Gasteiger partial charge on any atom is 0.333 e. The predicted molar refractivity (Wildman–Crippen MR) is 72.3 cm³/mol. The van der Waals surface area contributed by atoms with Gasteiger partial charge in [0.15, 0.2) is 0 Å². The maximum absolute atomic E-state index is 10.9. The third-order valence-corrected chi connectivity index (χ3v) is 2.70. The molecule has 0 fully saturated rings. The van der Waals surface area contributed by atoms with Crippen LogP contribution in [0.4, 0.5) is 0 Å². The summed E-state index contributed by atoms with van der Waals surface area (Å²) in [6.07, 6.45) is 6.25. The van der Waals surface area contributed by atoms with Crippen molar-refractivity contribution in [2.75, 3.05) is 7.11 Å². The largest absolute Gasteiger partial charge is 0.485 e. The summed E-state index contributed by atoms with van der Waals surface area (Å²) in [5.41, 5.74) is 1.20. The van der Waals surface area contributed by atoms with E-state index in [9.17, 15) is 4.79 Å². The molecule has 0 saturated carbocycles. The van der Waals surface area contributed by atoms with Gasteiger partial charge in [-0.25, -0.2) is 4.79 Å². The van der Waals surface area contributed by atoms with Crippen molar-refractivity contribution in [3.8, 4) is 5.75 Å². The summed E-state index contributed by atoms with van der Waals surface area (Å²) in [6.45, 7) is 3.92. The molecule has 0 unspecified atom stereocenters. The monoisotopic (exact) mass is 276 g/mol. The Morgan fingerprint density at radius 2 is 2.35 bits per heavy atom.